The Labute approximate surface area is 94.0 Å². The normalized spacial score (nSPS) is 21.4. The van der Waals surface area contributed by atoms with Gasteiger partial charge in [0.1, 0.15) is 0 Å². The van der Waals surface area contributed by atoms with E-state index in [1.54, 1.807) is 0 Å². The van der Waals surface area contributed by atoms with Gasteiger partial charge in [0.25, 0.3) is 0 Å². The van der Waals surface area contributed by atoms with E-state index in [-0.39, 0.29) is 0 Å². The van der Waals surface area contributed by atoms with Crippen molar-refractivity contribution in [3.8, 4) is 0 Å². The van der Waals surface area contributed by atoms with Crippen molar-refractivity contribution in [2.24, 2.45) is 5.92 Å². The predicted octanol–water partition coefficient (Wildman–Crippen LogP) is 1.39. The van der Waals surface area contributed by atoms with Crippen LogP contribution in [0.4, 0.5) is 0 Å². The van der Waals surface area contributed by atoms with Crippen LogP contribution in [0.15, 0.2) is 0 Å². The molecule has 1 fully saturated rings. The number of ether oxygens (including phenoxy) is 1. The first-order valence-electron chi connectivity index (χ1n) is 6.32. The molecule has 3 heteroatoms. The molecule has 1 saturated heterocycles. The van der Waals surface area contributed by atoms with Gasteiger partial charge < -0.3 is 15.4 Å². The lowest BCUT2D eigenvalue weighted by Gasteiger charge is -2.11. The highest BCUT2D eigenvalue weighted by Crippen LogP contribution is 2.10. The Morgan fingerprint density at radius 1 is 1.27 bits per heavy atom. The fourth-order valence-corrected chi connectivity index (χ4v) is 1.80. The molecule has 15 heavy (non-hydrogen) atoms. The van der Waals surface area contributed by atoms with Crippen LogP contribution in [0.3, 0.4) is 0 Å². The van der Waals surface area contributed by atoms with Crippen LogP contribution in [0.2, 0.25) is 0 Å². The van der Waals surface area contributed by atoms with Gasteiger partial charge >= 0.3 is 0 Å². The van der Waals surface area contributed by atoms with Gasteiger partial charge in [-0.1, -0.05) is 13.8 Å². The molecule has 0 aromatic heterocycles. The monoisotopic (exact) mass is 214 g/mol. The van der Waals surface area contributed by atoms with E-state index in [9.17, 15) is 0 Å². The molecule has 0 aromatic rings. The Bertz CT molecular complexity index is 145. The molecule has 1 aliphatic rings. The minimum atomic E-state index is 0.480. The summed E-state index contributed by atoms with van der Waals surface area (Å²) in [5.74, 6) is 0.754. The maximum absolute atomic E-state index is 5.53. The third kappa shape index (κ3) is 6.88. The molecule has 1 unspecified atom stereocenters. The van der Waals surface area contributed by atoms with Crippen LogP contribution in [-0.4, -0.2) is 38.9 Å². The Kier molecular flexibility index (Phi) is 6.98. The van der Waals surface area contributed by atoms with Gasteiger partial charge in [-0.3, -0.25) is 0 Å². The standard InChI is InChI=1S/C12H26N2O/c1-11(2)9-13-6-4-7-14-10-12-5-3-8-15-12/h11-14H,3-10H2,1-2H3. The highest BCUT2D eigenvalue weighted by Gasteiger charge is 2.13. The highest BCUT2D eigenvalue weighted by atomic mass is 16.5. The molecule has 0 saturated carbocycles. The quantitative estimate of drug-likeness (QED) is 0.599. The lowest BCUT2D eigenvalue weighted by atomic mass is 10.2. The van der Waals surface area contributed by atoms with Crippen molar-refractivity contribution in [1.82, 2.24) is 10.6 Å². The average Bonchev–Trinajstić information content (AvgIpc) is 2.68. The van der Waals surface area contributed by atoms with Crippen LogP contribution >= 0.6 is 0 Å². The van der Waals surface area contributed by atoms with E-state index in [1.807, 2.05) is 0 Å². The van der Waals surface area contributed by atoms with Gasteiger partial charge in [0, 0.05) is 13.2 Å². The molecule has 1 aliphatic heterocycles. The average molecular weight is 214 g/mol. The van der Waals surface area contributed by atoms with Crippen molar-refractivity contribution in [2.45, 2.75) is 39.2 Å². The van der Waals surface area contributed by atoms with Crippen LogP contribution in [0.5, 0.6) is 0 Å². The SMILES string of the molecule is CC(C)CNCCCNCC1CCCO1. The molecule has 0 bridgehead atoms. The van der Waals surface area contributed by atoms with Gasteiger partial charge in [-0.05, 0) is 44.8 Å². The smallest absolute Gasteiger partial charge is 0.0700 e. The molecular formula is C12H26N2O. The number of nitrogens with one attached hydrogen (secondary N) is 2. The molecule has 1 atom stereocenters. The molecule has 90 valence electrons. The minimum absolute atomic E-state index is 0.480. The zero-order valence-corrected chi connectivity index (χ0v) is 10.2. The van der Waals surface area contributed by atoms with Crippen molar-refractivity contribution < 1.29 is 4.74 Å². The van der Waals surface area contributed by atoms with Crippen molar-refractivity contribution in [3.63, 3.8) is 0 Å². The second-order valence-electron chi connectivity index (χ2n) is 4.79. The Morgan fingerprint density at radius 3 is 2.73 bits per heavy atom. The zero-order chi connectivity index (χ0) is 10.9. The van der Waals surface area contributed by atoms with E-state index in [1.165, 1.54) is 19.3 Å². The first-order chi connectivity index (χ1) is 7.29. The Balaban J connectivity index is 1.76. The van der Waals surface area contributed by atoms with Crippen LogP contribution in [0.25, 0.3) is 0 Å². The van der Waals surface area contributed by atoms with Gasteiger partial charge in [-0.25, -0.2) is 0 Å². The van der Waals surface area contributed by atoms with E-state index in [4.69, 9.17) is 4.74 Å². The van der Waals surface area contributed by atoms with Gasteiger partial charge in [0.2, 0.25) is 0 Å². The van der Waals surface area contributed by atoms with Gasteiger partial charge in [-0.15, -0.1) is 0 Å². The maximum Gasteiger partial charge on any atom is 0.0700 e. The van der Waals surface area contributed by atoms with Crippen molar-refractivity contribution in [3.05, 3.63) is 0 Å². The fourth-order valence-electron chi connectivity index (χ4n) is 1.80. The lowest BCUT2D eigenvalue weighted by molar-refractivity contribution is 0.110. The number of hydrogen-bond acceptors (Lipinski definition) is 3. The molecule has 1 heterocycles. The summed E-state index contributed by atoms with van der Waals surface area (Å²) >= 11 is 0. The van der Waals surface area contributed by atoms with E-state index in [0.717, 1.165) is 38.7 Å². The van der Waals surface area contributed by atoms with E-state index < -0.39 is 0 Å². The molecule has 0 amide bonds. The summed E-state index contributed by atoms with van der Waals surface area (Å²) in [6, 6.07) is 0. The highest BCUT2D eigenvalue weighted by molar-refractivity contribution is 4.67. The van der Waals surface area contributed by atoms with Crippen LogP contribution < -0.4 is 10.6 Å². The molecule has 2 N–H and O–H groups in total. The summed E-state index contributed by atoms with van der Waals surface area (Å²) < 4.78 is 5.53. The molecule has 3 nitrogen and oxygen atoms in total. The van der Waals surface area contributed by atoms with Crippen LogP contribution in [0.1, 0.15) is 33.1 Å². The van der Waals surface area contributed by atoms with Crippen LogP contribution in [-0.2, 0) is 4.74 Å². The molecule has 0 radical (unpaired) electrons. The van der Waals surface area contributed by atoms with Gasteiger partial charge in [0.15, 0.2) is 0 Å². The van der Waals surface area contributed by atoms with Crippen molar-refractivity contribution >= 4 is 0 Å². The first kappa shape index (κ1) is 12.9. The van der Waals surface area contributed by atoms with Crippen molar-refractivity contribution in [2.75, 3.05) is 32.8 Å². The second kappa shape index (κ2) is 8.08. The molecular weight excluding hydrogens is 188 g/mol. The minimum Gasteiger partial charge on any atom is -0.377 e. The Morgan fingerprint density at radius 2 is 2.07 bits per heavy atom. The Hall–Kier alpha value is -0.120. The fraction of sp³-hybridized carbons (Fsp3) is 1.00. The maximum atomic E-state index is 5.53. The van der Waals surface area contributed by atoms with E-state index in [0.29, 0.717) is 6.10 Å². The third-order valence-electron chi connectivity index (χ3n) is 2.66. The summed E-state index contributed by atoms with van der Waals surface area (Å²) in [7, 11) is 0. The summed E-state index contributed by atoms with van der Waals surface area (Å²) in [5.41, 5.74) is 0. The molecule has 0 aromatic carbocycles. The van der Waals surface area contributed by atoms with Crippen LogP contribution in [0, 0.1) is 5.92 Å². The summed E-state index contributed by atoms with van der Waals surface area (Å²) in [5, 5.41) is 6.89. The largest absolute Gasteiger partial charge is 0.377 e. The van der Waals surface area contributed by atoms with E-state index in [2.05, 4.69) is 24.5 Å². The predicted molar refractivity (Wildman–Crippen MR) is 64.2 cm³/mol. The second-order valence-corrected chi connectivity index (χ2v) is 4.79. The number of hydrogen-bond donors (Lipinski definition) is 2. The summed E-state index contributed by atoms with van der Waals surface area (Å²) in [6.07, 6.45) is 4.16. The summed E-state index contributed by atoms with van der Waals surface area (Å²) in [4.78, 5) is 0. The summed E-state index contributed by atoms with van der Waals surface area (Å²) in [6.45, 7) is 9.82. The van der Waals surface area contributed by atoms with Gasteiger partial charge in [-0.2, -0.15) is 0 Å². The van der Waals surface area contributed by atoms with E-state index >= 15 is 0 Å². The topological polar surface area (TPSA) is 33.3 Å². The molecule has 0 aliphatic carbocycles. The van der Waals surface area contributed by atoms with Crippen molar-refractivity contribution in [1.29, 1.82) is 0 Å². The van der Waals surface area contributed by atoms with Gasteiger partial charge in [0.05, 0.1) is 6.10 Å². The zero-order valence-electron chi connectivity index (χ0n) is 10.2. The molecule has 0 spiro atoms. The number of rotatable bonds is 8. The molecule has 1 rings (SSSR count). The first-order valence-corrected chi connectivity index (χ1v) is 6.32. The third-order valence-corrected chi connectivity index (χ3v) is 2.66. The lowest BCUT2D eigenvalue weighted by Crippen LogP contribution is -2.29.